The topological polar surface area (TPSA) is 78.9 Å². The molecule has 0 radical (unpaired) electrons. The lowest BCUT2D eigenvalue weighted by Crippen LogP contribution is -2.45. The molecule has 2 amide bonds. The highest BCUT2D eigenvalue weighted by atomic mass is 16.5. The molecule has 18 heavy (non-hydrogen) atoms. The van der Waals surface area contributed by atoms with Gasteiger partial charge in [-0.25, -0.2) is 4.79 Å². The maximum atomic E-state index is 11.9. The Morgan fingerprint density at radius 1 is 1.44 bits per heavy atom. The Hall–Kier alpha value is -1.30. The highest BCUT2D eigenvalue weighted by molar-refractivity contribution is 5.77. The number of rotatable bonds is 4. The van der Waals surface area contributed by atoms with Gasteiger partial charge in [0.05, 0.1) is 11.5 Å². The second-order valence-corrected chi connectivity index (χ2v) is 5.45. The van der Waals surface area contributed by atoms with Gasteiger partial charge in [0.2, 0.25) is 0 Å². The van der Waals surface area contributed by atoms with Crippen LogP contribution in [0.5, 0.6) is 0 Å². The van der Waals surface area contributed by atoms with E-state index in [1.807, 2.05) is 20.8 Å². The van der Waals surface area contributed by atoms with Crippen LogP contribution in [-0.4, -0.2) is 54.4 Å². The number of hydrogen-bond donors (Lipinski definition) is 2. The summed E-state index contributed by atoms with van der Waals surface area (Å²) in [5.74, 6) is -1.31. The fourth-order valence-corrected chi connectivity index (χ4v) is 1.93. The predicted octanol–water partition coefficient (Wildman–Crippen LogP) is 0.773. The third kappa shape index (κ3) is 3.60. The molecule has 0 aromatic heterocycles. The molecule has 0 saturated carbocycles. The number of likely N-dealkylation sites (tertiary alicyclic amines) is 1. The Morgan fingerprint density at radius 2 is 2.06 bits per heavy atom. The standard InChI is InChI=1S/C12H22N2O4/c1-8-5-14(6-9(8)10(15)16)11(17)13-7-12(2,3)18-4/h8-9H,5-7H2,1-4H3,(H,13,17)(H,15,16)/t8-,9-/m1/s1. The van der Waals surface area contributed by atoms with E-state index >= 15 is 0 Å². The minimum absolute atomic E-state index is 0.0105. The molecule has 0 spiro atoms. The molecular formula is C12H22N2O4. The summed E-state index contributed by atoms with van der Waals surface area (Å²) < 4.78 is 5.20. The molecule has 0 aromatic rings. The number of carbonyl (C=O) groups is 2. The van der Waals surface area contributed by atoms with E-state index in [4.69, 9.17) is 9.84 Å². The van der Waals surface area contributed by atoms with E-state index in [1.54, 1.807) is 12.0 Å². The zero-order valence-corrected chi connectivity index (χ0v) is 11.4. The molecule has 1 aliphatic heterocycles. The van der Waals surface area contributed by atoms with Crippen LogP contribution >= 0.6 is 0 Å². The molecule has 2 atom stereocenters. The molecule has 0 unspecified atom stereocenters. The van der Waals surface area contributed by atoms with Crippen LogP contribution < -0.4 is 5.32 Å². The van der Waals surface area contributed by atoms with Crippen LogP contribution in [0, 0.1) is 11.8 Å². The first-order chi connectivity index (χ1) is 8.26. The zero-order chi connectivity index (χ0) is 13.9. The van der Waals surface area contributed by atoms with Crippen molar-refractivity contribution in [1.29, 1.82) is 0 Å². The van der Waals surface area contributed by atoms with Gasteiger partial charge >= 0.3 is 12.0 Å². The van der Waals surface area contributed by atoms with Crippen LogP contribution in [0.2, 0.25) is 0 Å². The number of carboxylic acid groups (broad SMARTS) is 1. The molecule has 0 aromatic carbocycles. The first-order valence-corrected chi connectivity index (χ1v) is 6.07. The predicted molar refractivity (Wildman–Crippen MR) is 66.3 cm³/mol. The molecule has 0 bridgehead atoms. The van der Waals surface area contributed by atoms with Crippen molar-refractivity contribution in [3.63, 3.8) is 0 Å². The number of ether oxygens (including phenoxy) is 1. The number of carbonyl (C=O) groups excluding carboxylic acids is 1. The van der Waals surface area contributed by atoms with E-state index < -0.39 is 17.5 Å². The van der Waals surface area contributed by atoms with E-state index in [1.165, 1.54) is 0 Å². The number of carboxylic acids is 1. The molecular weight excluding hydrogens is 236 g/mol. The molecule has 6 heteroatoms. The van der Waals surface area contributed by atoms with Gasteiger partial charge in [0, 0.05) is 26.7 Å². The summed E-state index contributed by atoms with van der Waals surface area (Å²) in [5.41, 5.74) is -0.423. The number of methoxy groups -OCH3 is 1. The summed E-state index contributed by atoms with van der Waals surface area (Å²) in [7, 11) is 1.59. The highest BCUT2D eigenvalue weighted by Crippen LogP contribution is 2.23. The molecule has 1 aliphatic rings. The fourth-order valence-electron chi connectivity index (χ4n) is 1.93. The first-order valence-electron chi connectivity index (χ1n) is 6.07. The Morgan fingerprint density at radius 3 is 2.50 bits per heavy atom. The number of amides is 2. The van der Waals surface area contributed by atoms with E-state index in [2.05, 4.69) is 5.32 Å². The third-order valence-corrected chi connectivity index (χ3v) is 3.43. The van der Waals surface area contributed by atoms with Gasteiger partial charge in [0.1, 0.15) is 0 Å². The van der Waals surface area contributed by atoms with Crippen molar-refractivity contribution < 1.29 is 19.4 Å². The number of nitrogens with zero attached hydrogens (tertiary/aromatic N) is 1. The zero-order valence-electron chi connectivity index (χ0n) is 11.4. The number of hydrogen-bond acceptors (Lipinski definition) is 3. The van der Waals surface area contributed by atoms with Crippen molar-refractivity contribution in [1.82, 2.24) is 10.2 Å². The average Bonchev–Trinajstić information content (AvgIpc) is 2.68. The molecule has 1 saturated heterocycles. The number of nitrogens with one attached hydrogen (secondary N) is 1. The summed E-state index contributed by atoms with van der Waals surface area (Å²) in [6.07, 6.45) is 0. The molecule has 1 rings (SSSR count). The minimum atomic E-state index is -0.838. The SMILES string of the molecule is COC(C)(C)CNC(=O)N1C[C@@H](C)[C@H](C(=O)O)C1. The summed E-state index contributed by atoms with van der Waals surface area (Å²) in [4.78, 5) is 24.4. The lowest BCUT2D eigenvalue weighted by molar-refractivity contribution is -0.142. The van der Waals surface area contributed by atoms with Gasteiger partial charge in [-0.1, -0.05) is 6.92 Å². The lowest BCUT2D eigenvalue weighted by Gasteiger charge is -2.25. The smallest absolute Gasteiger partial charge is 0.317 e. The second-order valence-electron chi connectivity index (χ2n) is 5.45. The van der Waals surface area contributed by atoms with Gasteiger partial charge in [-0.2, -0.15) is 0 Å². The van der Waals surface area contributed by atoms with Crippen molar-refractivity contribution in [3.8, 4) is 0 Å². The van der Waals surface area contributed by atoms with Crippen LogP contribution in [0.4, 0.5) is 4.79 Å². The first kappa shape index (κ1) is 14.8. The van der Waals surface area contributed by atoms with Crippen molar-refractivity contribution >= 4 is 12.0 Å². The monoisotopic (exact) mass is 258 g/mol. The minimum Gasteiger partial charge on any atom is -0.481 e. The van der Waals surface area contributed by atoms with Gasteiger partial charge in [-0.05, 0) is 19.8 Å². The Labute approximate surface area is 107 Å². The van der Waals surface area contributed by atoms with Gasteiger partial charge < -0.3 is 20.1 Å². The molecule has 104 valence electrons. The summed E-state index contributed by atoms with van der Waals surface area (Å²) in [6.45, 7) is 6.75. The van der Waals surface area contributed by atoms with Crippen molar-refractivity contribution in [2.24, 2.45) is 11.8 Å². The second kappa shape index (κ2) is 5.56. The van der Waals surface area contributed by atoms with Gasteiger partial charge in [-0.15, -0.1) is 0 Å². The van der Waals surface area contributed by atoms with Crippen LogP contribution in [0.25, 0.3) is 0 Å². The summed E-state index contributed by atoms with van der Waals surface area (Å²) in [5, 5.41) is 11.8. The van der Waals surface area contributed by atoms with E-state index in [-0.39, 0.29) is 18.5 Å². The maximum Gasteiger partial charge on any atom is 0.317 e. The molecule has 2 N–H and O–H groups in total. The van der Waals surface area contributed by atoms with Crippen LogP contribution in [0.1, 0.15) is 20.8 Å². The van der Waals surface area contributed by atoms with Crippen LogP contribution in [-0.2, 0) is 9.53 Å². The summed E-state index contributed by atoms with van der Waals surface area (Å²) in [6, 6.07) is -0.226. The number of urea groups is 1. The lowest BCUT2D eigenvalue weighted by atomic mass is 9.99. The van der Waals surface area contributed by atoms with E-state index in [0.717, 1.165) is 0 Å². The van der Waals surface area contributed by atoms with Crippen molar-refractivity contribution in [2.75, 3.05) is 26.7 Å². The molecule has 1 heterocycles. The molecule has 1 fully saturated rings. The molecule has 6 nitrogen and oxygen atoms in total. The average molecular weight is 258 g/mol. The van der Waals surface area contributed by atoms with E-state index in [9.17, 15) is 9.59 Å². The largest absolute Gasteiger partial charge is 0.481 e. The van der Waals surface area contributed by atoms with Gasteiger partial charge in [0.15, 0.2) is 0 Å². The van der Waals surface area contributed by atoms with Crippen LogP contribution in [0.15, 0.2) is 0 Å². The summed E-state index contributed by atoms with van der Waals surface area (Å²) >= 11 is 0. The quantitative estimate of drug-likeness (QED) is 0.780. The Balaban J connectivity index is 2.47. The normalized spacial score (nSPS) is 24.1. The Bertz CT molecular complexity index is 330. The Kier molecular flexibility index (Phi) is 4.56. The fraction of sp³-hybridized carbons (Fsp3) is 0.833. The van der Waals surface area contributed by atoms with Crippen LogP contribution in [0.3, 0.4) is 0 Å². The third-order valence-electron chi connectivity index (χ3n) is 3.43. The van der Waals surface area contributed by atoms with Crippen molar-refractivity contribution in [2.45, 2.75) is 26.4 Å². The number of aliphatic carboxylic acids is 1. The molecule has 0 aliphatic carbocycles. The highest BCUT2D eigenvalue weighted by Gasteiger charge is 2.37. The van der Waals surface area contributed by atoms with Gasteiger partial charge in [-0.3, -0.25) is 4.79 Å². The maximum absolute atomic E-state index is 11.9. The van der Waals surface area contributed by atoms with Crippen molar-refractivity contribution in [3.05, 3.63) is 0 Å². The van der Waals surface area contributed by atoms with E-state index in [0.29, 0.717) is 13.1 Å². The van der Waals surface area contributed by atoms with Gasteiger partial charge in [0.25, 0.3) is 0 Å².